The van der Waals surface area contributed by atoms with Crippen molar-refractivity contribution in [2.75, 3.05) is 17.2 Å². The number of aryl methyl sites for hydroxylation is 1. The maximum Gasteiger partial charge on any atom is 0.411 e. The number of aromatic nitrogens is 4. The molecule has 0 aliphatic carbocycles. The third-order valence-corrected chi connectivity index (χ3v) is 4.06. The van der Waals surface area contributed by atoms with Crippen molar-refractivity contribution in [3.8, 4) is 0 Å². The Kier molecular flexibility index (Phi) is 6.49. The molecule has 0 saturated heterocycles. The molecular weight excluding hydrogens is 405 g/mol. The summed E-state index contributed by atoms with van der Waals surface area (Å²) in [5.74, 6) is 0.567. The van der Waals surface area contributed by atoms with Gasteiger partial charge in [0.05, 0.1) is 24.6 Å². The van der Waals surface area contributed by atoms with Crippen LogP contribution in [0, 0.1) is 6.92 Å². The lowest BCUT2D eigenvalue weighted by Gasteiger charge is -2.08. The Morgan fingerprint density at radius 3 is 2.72 bits per heavy atom. The summed E-state index contributed by atoms with van der Waals surface area (Å²) in [4.78, 5) is 0. The summed E-state index contributed by atoms with van der Waals surface area (Å²) in [5.41, 5.74) is 2.87. The number of nitrogens with zero attached hydrogens (tertiary/aromatic N) is 4. The molecule has 3 aromatic rings. The first-order valence-electron chi connectivity index (χ1n) is 8.61. The molecule has 0 aliphatic heterocycles. The van der Waals surface area contributed by atoms with E-state index in [2.05, 4.69) is 25.6 Å². The van der Waals surface area contributed by atoms with Crippen LogP contribution in [0.25, 0.3) is 0 Å². The molecule has 0 saturated carbocycles. The van der Waals surface area contributed by atoms with E-state index in [4.69, 9.17) is 12.2 Å². The van der Waals surface area contributed by atoms with Crippen LogP contribution in [0.1, 0.15) is 11.1 Å². The first-order chi connectivity index (χ1) is 13.8. The van der Waals surface area contributed by atoms with Crippen LogP contribution in [0.2, 0.25) is 0 Å². The third kappa shape index (κ3) is 6.57. The van der Waals surface area contributed by atoms with Gasteiger partial charge in [-0.05, 0) is 30.3 Å². The van der Waals surface area contributed by atoms with Crippen LogP contribution in [0.15, 0.2) is 48.9 Å². The molecule has 0 aliphatic rings. The number of hydrogen-bond acceptors (Lipinski definition) is 4. The Hall–Kier alpha value is -2.92. The Bertz CT molecular complexity index is 968. The highest BCUT2D eigenvalue weighted by molar-refractivity contribution is 7.80. The lowest BCUT2D eigenvalue weighted by molar-refractivity contribution is -0.182. The van der Waals surface area contributed by atoms with E-state index in [1.807, 2.05) is 37.4 Å². The van der Waals surface area contributed by atoms with Crippen LogP contribution in [-0.4, -0.2) is 37.5 Å². The van der Waals surface area contributed by atoms with Gasteiger partial charge in [0.2, 0.25) is 0 Å². The molecule has 11 heteroatoms. The fraction of sp³-hybridized carbons (Fsp3) is 0.278. The number of thiocarbonyl (C=S) groups is 1. The van der Waals surface area contributed by atoms with Crippen LogP contribution >= 0.6 is 12.2 Å². The van der Waals surface area contributed by atoms with E-state index in [0.717, 1.165) is 0 Å². The first-order valence-corrected chi connectivity index (χ1v) is 9.02. The number of hydrogen-bond donors (Lipinski definition) is 2. The normalized spacial score (nSPS) is 11.4. The minimum absolute atomic E-state index is 0.280. The van der Waals surface area contributed by atoms with Crippen molar-refractivity contribution in [2.45, 2.75) is 26.4 Å². The number of benzene rings is 1. The van der Waals surface area contributed by atoms with Gasteiger partial charge in [0, 0.05) is 12.3 Å². The summed E-state index contributed by atoms with van der Waals surface area (Å²) in [5, 5.41) is 14.5. The smallest absolute Gasteiger partial charge is 0.350 e. The molecule has 2 N–H and O–H groups in total. The van der Waals surface area contributed by atoms with Gasteiger partial charge >= 0.3 is 6.18 Å². The molecule has 7 nitrogen and oxygen atoms in total. The maximum atomic E-state index is 12.1. The number of nitrogens with one attached hydrogen (secondary N) is 2. The molecule has 154 valence electrons. The van der Waals surface area contributed by atoms with Crippen LogP contribution in [0.4, 0.5) is 24.7 Å². The van der Waals surface area contributed by atoms with Gasteiger partial charge in [-0.3, -0.25) is 4.68 Å². The second-order valence-electron chi connectivity index (χ2n) is 6.27. The number of halogens is 3. The van der Waals surface area contributed by atoms with Crippen molar-refractivity contribution < 1.29 is 17.9 Å². The van der Waals surface area contributed by atoms with E-state index in [1.54, 1.807) is 10.7 Å². The largest absolute Gasteiger partial charge is 0.411 e. The molecule has 3 rings (SSSR count). The standard InChI is InChI=1S/C18H19F3N6OS/c1-13-4-2-3-5-14(13)9-26-7-6-16(25-26)24-17(29)23-15-8-22-27(10-15)12-28-11-18(19,20)21/h2-8,10H,9,11-12H2,1H3,(H2,23,24,25,29). The van der Waals surface area contributed by atoms with Gasteiger partial charge in [0.15, 0.2) is 10.9 Å². The Labute approximate surface area is 170 Å². The SMILES string of the molecule is Cc1ccccc1Cn1ccc(NC(=S)Nc2cnn(COCC(F)(F)F)c2)n1. The van der Waals surface area contributed by atoms with Gasteiger partial charge in [-0.15, -0.1) is 0 Å². The number of alkyl halides is 3. The van der Waals surface area contributed by atoms with E-state index in [1.165, 1.54) is 28.2 Å². The van der Waals surface area contributed by atoms with Gasteiger partial charge in [-0.1, -0.05) is 24.3 Å². The Morgan fingerprint density at radius 1 is 1.17 bits per heavy atom. The van der Waals surface area contributed by atoms with Crippen molar-refractivity contribution >= 4 is 28.8 Å². The molecule has 0 radical (unpaired) electrons. The van der Waals surface area contributed by atoms with E-state index < -0.39 is 12.8 Å². The van der Waals surface area contributed by atoms with Crippen LogP contribution in [-0.2, 0) is 18.0 Å². The molecule has 0 spiro atoms. The number of anilines is 2. The predicted molar refractivity (Wildman–Crippen MR) is 107 cm³/mol. The predicted octanol–water partition coefficient (Wildman–Crippen LogP) is 3.78. The summed E-state index contributed by atoms with van der Waals surface area (Å²) < 4.78 is 43.8. The minimum atomic E-state index is -4.37. The highest BCUT2D eigenvalue weighted by Gasteiger charge is 2.27. The fourth-order valence-electron chi connectivity index (χ4n) is 2.51. The van der Waals surface area contributed by atoms with Gasteiger partial charge < -0.3 is 15.4 Å². The zero-order valence-electron chi connectivity index (χ0n) is 15.5. The molecule has 0 amide bonds. The third-order valence-electron chi connectivity index (χ3n) is 3.86. The van der Waals surface area contributed by atoms with E-state index >= 15 is 0 Å². The molecule has 2 heterocycles. The molecule has 0 unspecified atom stereocenters. The zero-order valence-corrected chi connectivity index (χ0v) is 16.3. The van der Waals surface area contributed by atoms with Crippen molar-refractivity contribution in [3.05, 3.63) is 60.0 Å². The highest BCUT2D eigenvalue weighted by Crippen LogP contribution is 2.15. The topological polar surface area (TPSA) is 68.9 Å². The van der Waals surface area contributed by atoms with Crippen LogP contribution in [0.5, 0.6) is 0 Å². The molecule has 29 heavy (non-hydrogen) atoms. The van der Waals surface area contributed by atoms with Gasteiger partial charge in [0.1, 0.15) is 13.3 Å². The lowest BCUT2D eigenvalue weighted by Crippen LogP contribution is -2.19. The summed E-state index contributed by atoms with van der Waals surface area (Å²) in [7, 11) is 0. The molecule has 0 fully saturated rings. The van der Waals surface area contributed by atoms with Crippen molar-refractivity contribution in [1.82, 2.24) is 19.6 Å². The average Bonchev–Trinajstić information content (AvgIpc) is 3.25. The molecule has 0 atom stereocenters. The van der Waals surface area contributed by atoms with E-state index in [0.29, 0.717) is 18.1 Å². The maximum absolute atomic E-state index is 12.1. The monoisotopic (exact) mass is 424 g/mol. The molecule has 0 bridgehead atoms. The molecule has 1 aromatic carbocycles. The minimum Gasteiger partial charge on any atom is -0.350 e. The second-order valence-corrected chi connectivity index (χ2v) is 6.67. The summed E-state index contributed by atoms with van der Waals surface area (Å²) in [6.45, 7) is 1.04. The van der Waals surface area contributed by atoms with E-state index in [9.17, 15) is 13.2 Å². The Morgan fingerprint density at radius 2 is 1.97 bits per heavy atom. The molecule has 2 aromatic heterocycles. The highest BCUT2D eigenvalue weighted by atomic mass is 32.1. The second kappa shape index (κ2) is 9.05. The lowest BCUT2D eigenvalue weighted by atomic mass is 10.1. The van der Waals surface area contributed by atoms with Crippen LogP contribution < -0.4 is 10.6 Å². The number of rotatable bonds is 7. The van der Waals surface area contributed by atoms with Crippen LogP contribution in [0.3, 0.4) is 0 Å². The fourth-order valence-corrected chi connectivity index (χ4v) is 2.73. The van der Waals surface area contributed by atoms with Gasteiger partial charge in [-0.25, -0.2) is 4.68 Å². The summed E-state index contributed by atoms with van der Waals surface area (Å²) >= 11 is 5.23. The van der Waals surface area contributed by atoms with E-state index in [-0.39, 0.29) is 11.8 Å². The molecular formula is C18H19F3N6OS. The van der Waals surface area contributed by atoms with Crippen molar-refractivity contribution in [3.63, 3.8) is 0 Å². The van der Waals surface area contributed by atoms with Crippen molar-refractivity contribution in [2.24, 2.45) is 0 Å². The quantitative estimate of drug-likeness (QED) is 0.563. The van der Waals surface area contributed by atoms with Crippen molar-refractivity contribution in [1.29, 1.82) is 0 Å². The number of ether oxygens (including phenoxy) is 1. The first kappa shape index (κ1) is 20.8. The Balaban J connectivity index is 1.49. The van der Waals surface area contributed by atoms with Gasteiger partial charge in [-0.2, -0.15) is 23.4 Å². The zero-order chi connectivity index (χ0) is 20.9. The summed E-state index contributed by atoms with van der Waals surface area (Å²) in [6.07, 6.45) is 0.387. The average molecular weight is 424 g/mol. The summed E-state index contributed by atoms with van der Waals surface area (Å²) in [6, 6.07) is 9.86. The van der Waals surface area contributed by atoms with Gasteiger partial charge in [0.25, 0.3) is 0 Å².